The van der Waals surface area contributed by atoms with E-state index in [1.165, 1.54) is 24.4 Å². The number of carbonyl (C=O) groups excluding carboxylic acids is 2. The van der Waals surface area contributed by atoms with Crippen LogP contribution in [0.1, 0.15) is 42.7 Å². The van der Waals surface area contributed by atoms with Gasteiger partial charge in [0.2, 0.25) is 5.91 Å². The summed E-state index contributed by atoms with van der Waals surface area (Å²) in [5.74, 6) is -0.150. The Morgan fingerprint density at radius 1 is 1.25 bits per heavy atom. The minimum absolute atomic E-state index is 0.0641. The molecule has 1 fully saturated rings. The second-order valence-electron chi connectivity index (χ2n) is 6.86. The van der Waals surface area contributed by atoms with Gasteiger partial charge in [0.25, 0.3) is 5.91 Å². The van der Waals surface area contributed by atoms with Gasteiger partial charge in [0.15, 0.2) is 17.2 Å². The van der Waals surface area contributed by atoms with E-state index < -0.39 is 17.2 Å². The second-order valence-corrected chi connectivity index (χ2v) is 6.86. The van der Waals surface area contributed by atoms with Gasteiger partial charge in [-0.3, -0.25) is 9.59 Å². The summed E-state index contributed by atoms with van der Waals surface area (Å²) in [6.45, 7) is 0. The predicted molar refractivity (Wildman–Crippen MR) is 99.6 cm³/mol. The topological polar surface area (TPSA) is 132 Å². The van der Waals surface area contributed by atoms with Crippen LogP contribution in [0.2, 0.25) is 0 Å². The van der Waals surface area contributed by atoms with Crippen LogP contribution < -0.4 is 15.9 Å². The third-order valence-electron chi connectivity index (χ3n) is 5.03. The van der Waals surface area contributed by atoms with Crippen LogP contribution in [0.5, 0.6) is 0 Å². The van der Waals surface area contributed by atoms with Gasteiger partial charge in [-0.1, -0.05) is 19.3 Å². The molecule has 2 atom stereocenters. The number of carbonyl (C=O) groups is 2. The van der Waals surface area contributed by atoms with E-state index in [0.717, 1.165) is 32.1 Å². The number of hydrogen-bond donors (Lipinski definition) is 4. The minimum Gasteiger partial charge on any atom is -0.595 e. The molecule has 0 radical (unpaired) electrons. The third kappa shape index (κ3) is 4.56. The molecule has 9 heteroatoms. The zero-order valence-electron chi connectivity index (χ0n) is 15.6. The summed E-state index contributed by atoms with van der Waals surface area (Å²) in [7, 11) is 1.56. The van der Waals surface area contributed by atoms with Gasteiger partial charge in [0.1, 0.15) is 11.7 Å². The number of nitrogens with zero attached hydrogens (tertiary/aromatic N) is 1. The predicted octanol–water partition coefficient (Wildman–Crippen LogP) is 1.17. The Morgan fingerprint density at radius 2 is 2.00 bits per heavy atom. The van der Waals surface area contributed by atoms with Gasteiger partial charge in [-0.15, -0.1) is 0 Å². The highest BCUT2D eigenvalue weighted by Gasteiger charge is 2.31. The van der Waals surface area contributed by atoms with Gasteiger partial charge in [-0.25, -0.2) is 10.2 Å². The van der Waals surface area contributed by atoms with Gasteiger partial charge >= 0.3 is 0 Å². The summed E-state index contributed by atoms with van der Waals surface area (Å²) >= 11 is 0. The van der Waals surface area contributed by atoms with E-state index in [9.17, 15) is 14.8 Å². The van der Waals surface area contributed by atoms with E-state index in [4.69, 9.17) is 9.62 Å². The first-order chi connectivity index (χ1) is 13.5. The Labute approximate surface area is 162 Å². The Kier molecular flexibility index (Phi) is 6.40. The molecule has 1 unspecified atom stereocenters. The Bertz CT molecular complexity index is 812. The van der Waals surface area contributed by atoms with Crippen molar-refractivity contribution in [3.8, 4) is 11.5 Å². The number of furan rings is 1. The summed E-state index contributed by atoms with van der Waals surface area (Å²) in [6.07, 6.45) is 6.29. The van der Waals surface area contributed by atoms with Crippen LogP contribution in [0.3, 0.4) is 0 Å². The molecule has 9 nitrogen and oxygen atoms in total. The van der Waals surface area contributed by atoms with E-state index >= 15 is 0 Å². The van der Waals surface area contributed by atoms with Crippen molar-refractivity contribution in [2.24, 2.45) is 5.92 Å². The molecule has 2 amide bonds. The molecule has 1 aliphatic carbocycles. The van der Waals surface area contributed by atoms with Gasteiger partial charge in [-0.2, -0.15) is 5.23 Å². The first-order valence-electron chi connectivity index (χ1n) is 9.31. The molecule has 3 rings (SSSR count). The molecule has 1 saturated carbocycles. The highest BCUT2D eigenvalue weighted by atomic mass is 16.8. The van der Waals surface area contributed by atoms with Gasteiger partial charge < -0.3 is 20.3 Å². The smallest absolute Gasteiger partial charge is 0.287 e. The van der Waals surface area contributed by atoms with Crippen LogP contribution >= 0.6 is 0 Å². The molecule has 2 aromatic rings. The van der Waals surface area contributed by atoms with Crippen molar-refractivity contribution in [3.63, 3.8) is 0 Å². The van der Waals surface area contributed by atoms with E-state index in [-0.39, 0.29) is 23.3 Å². The molecule has 28 heavy (non-hydrogen) atoms. The Morgan fingerprint density at radius 3 is 2.61 bits per heavy atom. The van der Waals surface area contributed by atoms with Crippen LogP contribution in [-0.4, -0.2) is 35.1 Å². The molecule has 0 bridgehead atoms. The number of nitrogens with one attached hydrogen (secondary N) is 3. The fourth-order valence-corrected chi connectivity index (χ4v) is 3.50. The van der Waals surface area contributed by atoms with Crippen molar-refractivity contribution < 1.29 is 24.4 Å². The highest BCUT2D eigenvalue weighted by molar-refractivity contribution is 5.96. The van der Waals surface area contributed by atoms with Crippen molar-refractivity contribution in [1.29, 1.82) is 0 Å². The normalized spacial score (nSPS) is 17.0. The number of amides is 2. The number of pyridine rings is 1. The fourth-order valence-electron chi connectivity index (χ4n) is 3.50. The molecule has 2 heterocycles. The van der Waals surface area contributed by atoms with Gasteiger partial charge in [0.05, 0.1) is 6.20 Å². The number of quaternary nitrogens is 1. The molecule has 150 valence electrons. The highest BCUT2D eigenvalue weighted by Crippen LogP contribution is 2.27. The standard InChI is InChI=1S/C19H24N4O5/c1-20-19(25)17(12-5-3-2-4-6-12)22-18(24)16-10-9-15(28-16)14-8-7-13(11-21-14)23(26)27/h7-12,17,23,26H,2-6H2,1H3,(H,20,25)(H,22,24)/t17-/m0/s1. The average Bonchev–Trinajstić information content (AvgIpc) is 3.22. The lowest BCUT2D eigenvalue weighted by Crippen LogP contribution is -2.99. The van der Waals surface area contributed by atoms with Crippen molar-refractivity contribution in [1.82, 2.24) is 15.6 Å². The maximum absolute atomic E-state index is 12.6. The van der Waals surface area contributed by atoms with Crippen molar-refractivity contribution in [3.05, 3.63) is 41.4 Å². The molecule has 2 aromatic heterocycles. The van der Waals surface area contributed by atoms with Crippen LogP contribution in [0, 0.1) is 11.1 Å². The molecule has 0 aromatic carbocycles. The molecule has 0 spiro atoms. The van der Waals surface area contributed by atoms with Gasteiger partial charge in [0, 0.05) is 13.1 Å². The number of aromatic nitrogens is 1. The molecule has 0 aliphatic heterocycles. The molecule has 4 N–H and O–H groups in total. The largest absolute Gasteiger partial charge is 0.595 e. The van der Waals surface area contributed by atoms with E-state index in [1.807, 2.05) is 0 Å². The fraction of sp³-hybridized carbons (Fsp3) is 0.421. The molecular formula is C19H24N4O5. The first-order valence-corrected chi connectivity index (χ1v) is 9.31. The lowest BCUT2D eigenvalue weighted by atomic mass is 9.83. The van der Waals surface area contributed by atoms with E-state index in [2.05, 4.69) is 15.6 Å². The maximum atomic E-state index is 12.6. The molecular weight excluding hydrogens is 364 g/mol. The summed E-state index contributed by atoms with van der Waals surface area (Å²) in [4.78, 5) is 28.9. The zero-order valence-corrected chi connectivity index (χ0v) is 15.6. The zero-order chi connectivity index (χ0) is 20.1. The van der Waals surface area contributed by atoms with Crippen molar-refractivity contribution in [2.75, 3.05) is 7.05 Å². The SMILES string of the molecule is CNC(=O)[C@@H](NC(=O)c1ccc(-c2ccc([NH+]([O-])O)cn2)o1)C1CCCCC1. The molecule has 1 aliphatic rings. The van der Waals surface area contributed by atoms with E-state index in [1.54, 1.807) is 13.1 Å². The monoisotopic (exact) mass is 388 g/mol. The summed E-state index contributed by atoms with van der Waals surface area (Å²) in [6, 6.07) is 5.43. The quantitative estimate of drug-likeness (QED) is 0.549. The molecule has 0 saturated heterocycles. The van der Waals surface area contributed by atoms with Crippen molar-refractivity contribution in [2.45, 2.75) is 38.1 Å². The number of likely N-dealkylation sites (N-methyl/N-ethyl adjacent to an activating group) is 1. The van der Waals surface area contributed by atoms with Crippen LogP contribution in [-0.2, 0) is 4.79 Å². The number of rotatable bonds is 6. The Balaban J connectivity index is 1.72. The van der Waals surface area contributed by atoms with Crippen LogP contribution in [0.25, 0.3) is 11.5 Å². The third-order valence-corrected chi connectivity index (χ3v) is 5.03. The van der Waals surface area contributed by atoms with Crippen LogP contribution in [0.4, 0.5) is 5.69 Å². The first kappa shape index (κ1) is 20.0. The summed E-state index contributed by atoms with van der Waals surface area (Å²) in [5, 5.41) is 24.2. The number of hydrogen-bond acceptors (Lipinski definition) is 6. The average molecular weight is 388 g/mol. The summed E-state index contributed by atoms with van der Waals surface area (Å²) < 4.78 is 5.58. The lowest BCUT2D eigenvalue weighted by Gasteiger charge is -2.29. The maximum Gasteiger partial charge on any atom is 0.287 e. The Hall–Kier alpha value is -2.75. The summed E-state index contributed by atoms with van der Waals surface area (Å²) in [5.41, 5.74) is 0.480. The minimum atomic E-state index is -1.07. The second kappa shape index (κ2) is 8.96. The van der Waals surface area contributed by atoms with Crippen LogP contribution in [0.15, 0.2) is 34.9 Å². The van der Waals surface area contributed by atoms with Gasteiger partial charge in [-0.05, 0) is 37.0 Å². The lowest BCUT2D eigenvalue weighted by molar-refractivity contribution is -0.991. The van der Waals surface area contributed by atoms with E-state index in [0.29, 0.717) is 11.5 Å². The van der Waals surface area contributed by atoms with Crippen molar-refractivity contribution >= 4 is 17.5 Å².